The maximum Gasteiger partial charge on any atom is 0.206 e. The van der Waals surface area contributed by atoms with Gasteiger partial charge in [-0.25, -0.2) is 0 Å². The summed E-state index contributed by atoms with van der Waals surface area (Å²) in [5.74, 6) is -0.314. The topological polar surface area (TPSA) is 15.8 Å². The minimum atomic E-state index is -0.314. The summed E-state index contributed by atoms with van der Waals surface area (Å²) in [7, 11) is 0. The first-order chi connectivity index (χ1) is 5.29. The summed E-state index contributed by atoms with van der Waals surface area (Å²) in [6, 6.07) is 7.44. The molecule has 0 fully saturated rings. The van der Waals surface area contributed by atoms with Gasteiger partial charge in [0.15, 0.2) is 0 Å². The molecule has 0 atom stereocenters. The van der Waals surface area contributed by atoms with E-state index in [0.29, 0.717) is 4.47 Å². The van der Waals surface area contributed by atoms with Crippen LogP contribution in [-0.2, 0) is 0 Å². The molecule has 2 aromatic rings. The van der Waals surface area contributed by atoms with Gasteiger partial charge in [-0.3, -0.25) is 0 Å². The van der Waals surface area contributed by atoms with E-state index >= 15 is 0 Å². The Morgan fingerprint density at radius 3 is 2.73 bits per heavy atom. The van der Waals surface area contributed by atoms with Crippen LogP contribution in [0.3, 0.4) is 0 Å². The second kappa shape index (κ2) is 2.34. The fourth-order valence-electron chi connectivity index (χ4n) is 1.07. The summed E-state index contributed by atoms with van der Waals surface area (Å²) in [5, 5.41) is 0.880. The number of para-hydroxylation sites is 1. The highest BCUT2D eigenvalue weighted by Gasteiger charge is 2.05. The zero-order chi connectivity index (χ0) is 7.84. The zero-order valence-corrected chi connectivity index (χ0v) is 7.15. The molecule has 0 aliphatic carbocycles. The summed E-state index contributed by atoms with van der Waals surface area (Å²) in [4.78, 5) is 2.61. The SMILES string of the molecule is Fc1[nH]c2ccccc2c1Br. The second-order valence-electron chi connectivity index (χ2n) is 2.30. The van der Waals surface area contributed by atoms with Crippen LogP contribution >= 0.6 is 15.9 Å². The van der Waals surface area contributed by atoms with E-state index in [-0.39, 0.29) is 5.95 Å². The molecular weight excluding hydrogens is 209 g/mol. The van der Waals surface area contributed by atoms with Gasteiger partial charge >= 0.3 is 0 Å². The highest BCUT2D eigenvalue weighted by molar-refractivity contribution is 9.10. The first-order valence-corrected chi connectivity index (χ1v) is 4.00. The predicted molar refractivity (Wildman–Crippen MR) is 46.0 cm³/mol. The van der Waals surface area contributed by atoms with E-state index in [0.717, 1.165) is 10.9 Å². The van der Waals surface area contributed by atoms with Crippen LogP contribution in [0.5, 0.6) is 0 Å². The van der Waals surface area contributed by atoms with Gasteiger partial charge in [-0.1, -0.05) is 18.2 Å². The average molecular weight is 214 g/mol. The molecule has 0 radical (unpaired) electrons. The van der Waals surface area contributed by atoms with Gasteiger partial charge in [0.1, 0.15) is 0 Å². The number of halogens is 2. The Morgan fingerprint density at radius 1 is 1.27 bits per heavy atom. The van der Waals surface area contributed by atoms with E-state index in [4.69, 9.17) is 0 Å². The molecule has 1 aromatic carbocycles. The van der Waals surface area contributed by atoms with Crippen molar-refractivity contribution in [3.8, 4) is 0 Å². The number of aromatic nitrogens is 1. The van der Waals surface area contributed by atoms with Crippen LogP contribution in [0.4, 0.5) is 4.39 Å². The molecule has 11 heavy (non-hydrogen) atoms. The monoisotopic (exact) mass is 213 g/mol. The molecule has 0 bridgehead atoms. The lowest BCUT2D eigenvalue weighted by Gasteiger charge is -1.85. The van der Waals surface area contributed by atoms with Crippen molar-refractivity contribution >= 4 is 26.8 Å². The molecule has 1 aromatic heterocycles. The van der Waals surface area contributed by atoms with Crippen molar-refractivity contribution in [2.75, 3.05) is 0 Å². The number of nitrogens with one attached hydrogen (secondary N) is 1. The Bertz CT molecular complexity index is 394. The third-order valence-electron chi connectivity index (χ3n) is 1.60. The van der Waals surface area contributed by atoms with Crippen molar-refractivity contribution in [3.63, 3.8) is 0 Å². The molecule has 0 amide bonds. The largest absolute Gasteiger partial charge is 0.330 e. The Balaban J connectivity index is 2.92. The number of aromatic amines is 1. The smallest absolute Gasteiger partial charge is 0.206 e. The predicted octanol–water partition coefficient (Wildman–Crippen LogP) is 3.07. The number of H-pyrrole nitrogens is 1. The molecule has 0 saturated heterocycles. The van der Waals surface area contributed by atoms with Crippen LogP contribution in [-0.4, -0.2) is 4.98 Å². The average Bonchev–Trinajstić information content (AvgIpc) is 2.30. The fourth-order valence-corrected chi connectivity index (χ4v) is 1.52. The number of rotatable bonds is 0. The molecular formula is C8H5BrFN. The van der Waals surface area contributed by atoms with Crippen molar-refractivity contribution < 1.29 is 4.39 Å². The summed E-state index contributed by atoms with van der Waals surface area (Å²) in [6.07, 6.45) is 0. The minimum Gasteiger partial charge on any atom is -0.330 e. The molecule has 1 heterocycles. The minimum absolute atomic E-state index is 0.314. The van der Waals surface area contributed by atoms with Crippen molar-refractivity contribution in [1.82, 2.24) is 4.98 Å². The first kappa shape index (κ1) is 6.85. The van der Waals surface area contributed by atoms with E-state index in [1.807, 2.05) is 24.3 Å². The lowest BCUT2D eigenvalue weighted by molar-refractivity contribution is 0.589. The lowest BCUT2D eigenvalue weighted by atomic mass is 10.3. The van der Waals surface area contributed by atoms with Crippen LogP contribution in [0, 0.1) is 5.95 Å². The summed E-state index contributed by atoms with van der Waals surface area (Å²) in [5.41, 5.74) is 0.817. The zero-order valence-electron chi connectivity index (χ0n) is 5.57. The van der Waals surface area contributed by atoms with E-state index in [9.17, 15) is 4.39 Å². The number of hydrogen-bond donors (Lipinski definition) is 1. The first-order valence-electron chi connectivity index (χ1n) is 3.21. The van der Waals surface area contributed by atoms with Gasteiger partial charge < -0.3 is 4.98 Å². The lowest BCUT2D eigenvalue weighted by Crippen LogP contribution is -1.67. The standard InChI is InChI=1S/C8H5BrFN/c9-7-5-3-1-2-4-6(5)11-8(7)10/h1-4,11H. The molecule has 2 rings (SSSR count). The Labute approximate surface area is 71.4 Å². The maximum absolute atomic E-state index is 12.8. The molecule has 1 N–H and O–H groups in total. The van der Waals surface area contributed by atoms with Crippen molar-refractivity contribution in [2.24, 2.45) is 0 Å². The normalized spacial score (nSPS) is 10.7. The van der Waals surface area contributed by atoms with Gasteiger partial charge in [-0.15, -0.1) is 0 Å². The fraction of sp³-hybridized carbons (Fsp3) is 0. The maximum atomic E-state index is 12.8. The Hall–Kier alpha value is -0.830. The highest BCUT2D eigenvalue weighted by atomic mass is 79.9. The molecule has 56 valence electrons. The number of benzene rings is 1. The summed E-state index contributed by atoms with van der Waals surface area (Å²) in [6.45, 7) is 0. The Morgan fingerprint density at radius 2 is 2.00 bits per heavy atom. The van der Waals surface area contributed by atoms with Crippen molar-refractivity contribution in [2.45, 2.75) is 0 Å². The van der Waals surface area contributed by atoms with Gasteiger partial charge in [0.2, 0.25) is 5.95 Å². The van der Waals surface area contributed by atoms with Crippen LogP contribution in [0.25, 0.3) is 10.9 Å². The van der Waals surface area contributed by atoms with Crippen LogP contribution in [0.15, 0.2) is 28.7 Å². The molecule has 0 unspecified atom stereocenters. The van der Waals surface area contributed by atoms with Crippen molar-refractivity contribution in [3.05, 3.63) is 34.7 Å². The third kappa shape index (κ3) is 0.959. The number of fused-ring (bicyclic) bond motifs is 1. The van der Waals surface area contributed by atoms with Crippen LogP contribution in [0.2, 0.25) is 0 Å². The van der Waals surface area contributed by atoms with Crippen LogP contribution < -0.4 is 0 Å². The van der Waals surface area contributed by atoms with Gasteiger partial charge in [0.25, 0.3) is 0 Å². The second-order valence-corrected chi connectivity index (χ2v) is 3.09. The number of hydrogen-bond acceptors (Lipinski definition) is 0. The molecule has 0 aliphatic rings. The van der Waals surface area contributed by atoms with Gasteiger partial charge in [-0.2, -0.15) is 4.39 Å². The summed E-state index contributed by atoms with van der Waals surface area (Å²) >= 11 is 3.14. The summed E-state index contributed by atoms with van der Waals surface area (Å²) < 4.78 is 13.3. The van der Waals surface area contributed by atoms with E-state index in [1.165, 1.54) is 0 Å². The van der Waals surface area contributed by atoms with E-state index < -0.39 is 0 Å². The highest BCUT2D eigenvalue weighted by Crippen LogP contribution is 2.25. The van der Waals surface area contributed by atoms with E-state index in [1.54, 1.807) is 0 Å². The third-order valence-corrected chi connectivity index (χ3v) is 2.38. The van der Waals surface area contributed by atoms with Gasteiger partial charge in [0.05, 0.1) is 4.47 Å². The molecule has 1 nitrogen and oxygen atoms in total. The molecule has 0 spiro atoms. The quantitative estimate of drug-likeness (QED) is 0.693. The molecule has 3 heteroatoms. The van der Waals surface area contributed by atoms with E-state index in [2.05, 4.69) is 20.9 Å². The van der Waals surface area contributed by atoms with Crippen molar-refractivity contribution in [1.29, 1.82) is 0 Å². The molecule has 0 saturated carbocycles. The molecule has 0 aliphatic heterocycles. The Kier molecular flexibility index (Phi) is 1.46. The van der Waals surface area contributed by atoms with Gasteiger partial charge in [-0.05, 0) is 22.0 Å². The van der Waals surface area contributed by atoms with Gasteiger partial charge in [0, 0.05) is 10.9 Å². The van der Waals surface area contributed by atoms with Crippen LogP contribution in [0.1, 0.15) is 0 Å².